The zero-order valence-corrected chi connectivity index (χ0v) is 9.28. The smallest absolute Gasteiger partial charge is 0.125 e. The highest BCUT2D eigenvalue weighted by molar-refractivity contribution is 5.19. The number of piperidine rings is 2. The second-order valence-electron chi connectivity index (χ2n) is 5.01. The van der Waals surface area contributed by atoms with E-state index in [9.17, 15) is 0 Å². The number of fused-ring (bicyclic) bond motifs is 6. The van der Waals surface area contributed by atoms with Gasteiger partial charge in [0, 0.05) is 19.1 Å². The van der Waals surface area contributed by atoms with Crippen LogP contribution in [0.2, 0.25) is 0 Å². The topological polar surface area (TPSA) is 21.3 Å². The van der Waals surface area contributed by atoms with E-state index < -0.39 is 0 Å². The van der Waals surface area contributed by atoms with Crippen LogP contribution in [0.3, 0.4) is 0 Å². The Kier molecular flexibility index (Phi) is 2.22. The SMILES string of the molecule is CO[C@@]12CCC[C@@H](N1)C1C=CC=CC2C1. The van der Waals surface area contributed by atoms with E-state index in [1.807, 2.05) is 7.11 Å². The quantitative estimate of drug-likeness (QED) is 0.709. The van der Waals surface area contributed by atoms with E-state index in [1.54, 1.807) is 0 Å². The van der Waals surface area contributed by atoms with Crippen molar-refractivity contribution in [2.75, 3.05) is 7.11 Å². The normalized spacial score (nSPS) is 47.7. The summed E-state index contributed by atoms with van der Waals surface area (Å²) >= 11 is 0. The van der Waals surface area contributed by atoms with Crippen LogP contribution >= 0.6 is 0 Å². The lowest BCUT2D eigenvalue weighted by molar-refractivity contribution is -0.129. The number of ether oxygens (including phenoxy) is 1. The lowest BCUT2D eigenvalue weighted by Crippen LogP contribution is -2.64. The van der Waals surface area contributed by atoms with Gasteiger partial charge in [-0.25, -0.2) is 0 Å². The van der Waals surface area contributed by atoms with Crippen molar-refractivity contribution in [3.8, 4) is 0 Å². The highest BCUT2D eigenvalue weighted by Crippen LogP contribution is 2.43. The molecular formula is C13H19NO. The molecule has 2 unspecified atom stereocenters. The van der Waals surface area contributed by atoms with Crippen molar-refractivity contribution >= 4 is 0 Å². The molecule has 2 heterocycles. The molecule has 0 spiro atoms. The minimum atomic E-state index is -0.0675. The number of allylic oxidation sites excluding steroid dienone is 2. The van der Waals surface area contributed by atoms with Crippen molar-refractivity contribution in [2.24, 2.45) is 11.8 Å². The van der Waals surface area contributed by atoms with Gasteiger partial charge in [0.2, 0.25) is 0 Å². The predicted octanol–water partition coefficient (Wildman–Crippen LogP) is 2.23. The maximum atomic E-state index is 5.80. The van der Waals surface area contributed by atoms with E-state index in [0.717, 1.165) is 6.42 Å². The molecule has 82 valence electrons. The molecule has 0 radical (unpaired) electrons. The van der Waals surface area contributed by atoms with Gasteiger partial charge in [0.25, 0.3) is 0 Å². The van der Waals surface area contributed by atoms with E-state index in [4.69, 9.17) is 4.74 Å². The van der Waals surface area contributed by atoms with E-state index in [-0.39, 0.29) is 5.72 Å². The third kappa shape index (κ3) is 1.39. The summed E-state index contributed by atoms with van der Waals surface area (Å²) in [4.78, 5) is 0. The van der Waals surface area contributed by atoms with Crippen LogP contribution in [0.5, 0.6) is 0 Å². The summed E-state index contributed by atoms with van der Waals surface area (Å²) in [6.07, 6.45) is 14.1. The Hall–Kier alpha value is -0.600. The first-order chi connectivity index (χ1) is 7.34. The van der Waals surface area contributed by atoms with E-state index in [1.165, 1.54) is 19.3 Å². The lowest BCUT2D eigenvalue weighted by atomic mass is 9.71. The molecule has 0 saturated carbocycles. The molecule has 0 amide bonds. The van der Waals surface area contributed by atoms with Gasteiger partial charge in [0.15, 0.2) is 0 Å². The Morgan fingerprint density at radius 2 is 2.20 bits per heavy atom. The fourth-order valence-electron chi connectivity index (χ4n) is 3.47. The van der Waals surface area contributed by atoms with Crippen molar-refractivity contribution < 1.29 is 4.74 Å². The van der Waals surface area contributed by atoms with Crippen molar-refractivity contribution in [3.05, 3.63) is 24.3 Å². The molecule has 2 heteroatoms. The fraction of sp³-hybridized carbons (Fsp3) is 0.692. The molecule has 4 bridgehead atoms. The van der Waals surface area contributed by atoms with Gasteiger partial charge in [-0.1, -0.05) is 24.3 Å². The third-order valence-corrected chi connectivity index (χ3v) is 4.31. The molecule has 1 N–H and O–H groups in total. The summed E-state index contributed by atoms with van der Waals surface area (Å²) in [7, 11) is 1.85. The minimum absolute atomic E-state index is 0.0675. The van der Waals surface area contributed by atoms with Crippen LogP contribution in [0.25, 0.3) is 0 Å². The van der Waals surface area contributed by atoms with Crippen LogP contribution in [0, 0.1) is 11.8 Å². The molecule has 2 fully saturated rings. The summed E-state index contributed by atoms with van der Waals surface area (Å²) in [6, 6.07) is 0.631. The van der Waals surface area contributed by atoms with Crippen LogP contribution in [0.15, 0.2) is 24.3 Å². The second kappa shape index (κ2) is 3.46. The molecule has 2 aliphatic heterocycles. The van der Waals surface area contributed by atoms with Gasteiger partial charge in [-0.3, -0.25) is 5.32 Å². The summed E-state index contributed by atoms with van der Waals surface area (Å²) in [5.74, 6) is 1.24. The van der Waals surface area contributed by atoms with Gasteiger partial charge >= 0.3 is 0 Å². The fourth-order valence-corrected chi connectivity index (χ4v) is 3.47. The lowest BCUT2D eigenvalue weighted by Gasteiger charge is -2.52. The van der Waals surface area contributed by atoms with Crippen molar-refractivity contribution in [1.82, 2.24) is 5.32 Å². The van der Waals surface area contributed by atoms with Gasteiger partial charge in [-0.15, -0.1) is 0 Å². The Labute approximate surface area is 91.4 Å². The highest BCUT2D eigenvalue weighted by atomic mass is 16.5. The molecule has 2 nitrogen and oxygen atoms in total. The largest absolute Gasteiger partial charge is 0.363 e. The van der Waals surface area contributed by atoms with Gasteiger partial charge in [-0.05, 0) is 31.6 Å². The van der Waals surface area contributed by atoms with Crippen LogP contribution in [-0.4, -0.2) is 18.9 Å². The summed E-state index contributed by atoms with van der Waals surface area (Å²) in [6.45, 7) is 0. The van der Waals surface area contributed by atoms with Gasteiger partial charge in [-0.2, -0.15) is 0 Å². The van der Waals surface area contributed by atoms with Crippen LogP contribution in [0.1, 0.15) is 25.7 Å². The Morgan fingerprint density at radius 1 is 1.33 bits per heavy atom. The monoisotopic (exact) mass is 205 g/mol. The van der Waals surface area contributed by atoms with Crippen molar-refractivity contribution in [2.45, 2.75) is 37.5 Å². The average Bonchev–Trinajstić information content (AvgIpc) is 2.52. The zero-order chi connectivity index (χ0) is 10.3. The molecule has 0 aromatic heterocycles. The Bertz CT molecular complexity index is 310. The van der Waals surface area contributed by atoms with E-state index in [0.29, 0.717) is 17.9 Å². The third-order valence-electron chi connectivity index (χ3n) is 4.31. The zero-order valence-electron chi connectivity index (χ0n) is 9.28. The Morgan fingerprint density at radius 3 is 3.07 bits per heavy atom. The van der Waals surface area contributed by atoms with Gasteiger partial charge in [0.1, 0.15) is 5.72 Å². The molecule has 3 aliphatic rings. The van der Waals surface area contributed by atoms with Crippen LogP contribution in [-0.2, 0) is 4.74 Å². The molecule has 1 aliphatic carbocycles. The maximum absolute atomic E-state index is 5.80. The number of hydrogen-bond acceptors (Lipinski definition) is 2. The van der Waals surface area contributed by atoms with Gasteiger partial charge in [0.05, 0.1) is 0 Å². The summed E-state index contributed by atoms with van der Waals surface area (Å²) < 4.78 is 5.80. The first kappa shape index (κ1) is 9.61. The molecule has 2 saturated heterocycles. The van der Waals surface area contributed by atoms with E-state index in [2.05, 4.69) is 29.6 Å². The van der Waals surface area contributed by atoms with Crippen LogP contribution in [0.4, 0.5) is 0 Å². The van der Waals surface area contributed by atoms with Crippen molar-refractivity contribution in [3.63, 3.8) is 0 Å². The number of methoxy groups -OCH3 is 1. The minimum Gasteiger partial charge on any atom is -0.363 e. The second-order valence-corrected chi connectivity index (χ2v) is 5.01. The van der Waals surface area contributed by atoms with E-state index >= 15 is 0 Å². The first-order valence-corrected chi connectivity index (χ1v) is 6.02. The molecule has 3 rings (SSSR count). The molecule has 4 atom stereocenters. The Balaban J connectivity index is 1.97. The number of hydrogen-bond donors (Lipinski definition) is 1. The first-order valence-electron chi connectivity index (χ1n) is 6.02. The molecule has 15 heavy (non-hydrogen) atoms. The molecule has 0 aromatic rings. The maximum Gasteiger partial charge on any atom is 0.125 e. The van der Waals surface area contributed by atoms with Gasteiger partial charge < -0.3 is 4.74 Å². The van der Waals surface area contributed by atoms with Crippen molar-refractivity contribution in [1.29, 1.82) is 0 Å². The summed E-state index contributed by atoms with van der Waals surface area (Å²) in [5.41, 5.74) is -0.0675. The average molecular weight is 205 g/mol. The molecule has 0 aromatic carbocycles. The number of nitrogens with one attached hydrogen (secondary N) is 1. The standard InChI is InChI=1S/C13H19NO/c1-15-13-8-4-7-12(14-13)10-5-2-3-6-11(13)9-10/h2-3,5-6,10-12,14H,4,7-9H2,1H3/t10?,11?,12-,13-/m1/s1. The molecular weight excluding hydrogens is 186 g/mol. The number of rotatable bonds is 1. The highest BCUT2D eigenvalue weighted by Gasteiger charge is 2.48. The summed E-state index contributed by atoms with van der Waals surface area (Å²) in [5, 5.41) is 3.73. The van der Waals surface area contributed by atoms with Crippen LogP contribution < -0.4 is 5.32 Å². The predicted molar refractivity (Wildman–Crippen MR) is 60.4 cm³/mol.